The second kappa shape index (κ2) is 5.71. The molecule has 0 aliphatic carbocycles. The molecule has 0 aliphatic heterocycles. The highest BCUT2D eigenvalue weighted by atomic mass is 35.5. The lowest BCUT2D eigenvalue weighted by molar-refractivity contribution is 0.895. The van der Waals surface area contributed by atoms with Crippen LogP contribution in [0.25, 0.3) is 0 Å². The minimum atomic E-state index is 0.0195. The molecular formula is C14H15ClN4. The van der Waals surface area contributed by atoms with Crippen molar-refractivity contribution in [2.24, 2.45) is 5.73 Å². The summed E-state index contributed by atoms with van der Waals surface area (Å²) in [7, 11) is 1.92. The first-order chi connectivity index (χ1) is 9.08. The van der Waals surface area contributed by atoms with Gasteiger partial charge in [-0.25, -0.2) is 4.98 Å². The van der Waals surface area contributed by atoms with Crippen LogP contribution in [-0.2, 0) is 6.54 Å². The van der Waals surface area contributed by atoms with Gasteiger partial charge in [0.25, 0.3) is 0 Å². The van der Waals surface area contributed by atoms with E-state index in [0.717, 1.165) is 5.56 Å². The Morgan fingerprint density at radius 2 is 2.00 bits per heavy atom. The van der Waals surface area contributed by atoms with Crippen molar-refractivity contribution in [3.8, 4) is 0 Å². The molecule has 2 rings (SSSR count). The van der Waals surface area contributed by atoms with Gasteiger partial charge in [-0.2, -0.15) is 0 Å². The number of nitrogen functional groups attached to an aromatic ring is 1. The molecule has 1 aromatic heterocycles. The van der Waals surface area contributed by atoms with Gasteiger partial charge in [-0.15, -0.1) is 0 Å². The number of benzene rings is 1. The van der Waals surface area contributed by atoms with Crippen LogP contribution in [0.3, 0.4) is 0 Å². The fourth-order valence-electron chi connectivity index (χ4n) is 1.85. The van der Waals surface area contributed by atoms with E-state index in [0.29, 0.717) is 22.9 Å². The van der Waals surface area contributed by atoms with Crippen molar-refractivity contribution in [2.75, 3.05) is 11.9 Å². The molecule has 1 aromatic carbocycles. The second-order valence-electron chi connectivity index (χ2n) is 4.27. The zero-order valence-electron chi connectivity index (χ0n) is 10.6. The van der Waals surface area contributed by atoms with Gasteiger partial charge in [-0.1, -0.05) is 23.7 Å². The van der Waals surface area contributed by atoms with Crippen LogP contribution in [0.15, 0.2) is 42.6 Å². The van der Waals surface area contributed by atoms with E-state index in [-0.39, 0.29) is 5.84 Å². The van der Waals surface area contributed by atoms with Crippen LogP contribution >= 0.6 is 11.6 Å². The molecule has 0 atom stereocenters. The van der Waals surface area contributed by atoms with Crippen LogP contribution in [0.1, 0.15) is 11.1 Å². The zero-order chi connectivity index (χ0) is 13.8. The number of nitrogens with two attached hydrogens (primary N) is 1. The third-order valence-electron chi connectivity index (χ3n) is 2.77. The maximum Gasteiger partial charge on any atom is 0.139 e. The molecule has 0 unspecified atom stereocenters. The van der Waals surface area contributed by atoms with Crippen molar-refractivity contribution in [3.05, 3.63) is 58.7 Å². The summed E-state index contributed by atoms with van der Waals surface area (Å²) in [5.74, 6) is 0.719. The Labute approximate surface area is 117 Å². The van der Waals surface area contributed by atoms with E-state index in [2.05, 4.69) is 4.98 Å². The Kier molecular flexibility index (Phi) is 4.02. The van der Waals surface area contributed by atoms with Gasteiger partial charge in [0.1, 0.15) is 11.7 Å². The van der Waals surface area contributed by atoms with Crippen LogP contribution in [-0.4, -0.2) is 17.9 Å². The lowest BCUT2D eigenvalue weighted by Gasteiger charge is -2.20. The first-order valence-corrected chi connectivity index (χ1v) is 6.20. The van der Waals surface area contributed by atoms with Crippen molar-refractivity contribution in [1.82, 2.24) is 4.98 Å². The Hall–Kier alpha value is -2.07. The van der Waals surface area contributed by atoms with Crippen LogP contribution in [0.4, 0.5) is 5.82 Å². The van der Waals surface area contributed by atoms with Crippen molar-refractivity contribution in [2.45, 2.75) is 6.54 Å². The molecule has 4 nitrogen and oxygen atoms in total. The molecule has 19 heavy (non-hydrogen) atoms. The summed E-state index contributed by atoms with van der Waals surface area (Å²) < 4.78 is 0. The SMILES string of the molecule is CN(Cc1ccc(Cl)cc1)c1ncccc1C(=N)N. The Balaban J connectivity index is 2.22. The molecule has 3 N–H and O–H groups in total. The van der Waals surface area contributed by atoms with E-state index in [4.69, 9.17) is 22.7 Å². The molecular weight excluding hydrogens is 260 g/mol. The van der Waals surface area contributed by atoms with Gasteiger partial charge in [0.2, 0.25) is 0 Å². The maximum atomic E-state index is 7.57. The van der Waals surface area contributed by atoms with Crippen LogP contribution in [0.2, 0.25) is 5.02 Å². The second-order valence-corrected chi connectivity index (χ2v) is 4.71. The Morgan fingerprint density at radius 1 is 1.32 bits per heavy atom. The molecule has 0 bridgehead atoms. The monoisotopic (exact) mass is 274 g/mol. The Morgan fingerprint density at radius 3 is 2.63 bits per heavy atom. The lowest BCUT2D eigenvalue weighted by atomic mass is 10.2. The summed E-state index contributed by atoms with van der Waals surface area (Å²) in [6, 6.07) is 11.2. The van der Waals surface area contributed by atoms with Crippen LogP contribution in [0, 0.1) is 5.41 Å². The van der Waals surface area contributed by atoms with Crippen molar-refractivity contribution < 1.29 is 0 Å². The number of aromatic nitrogens is 1. The summed E-state index contributed by atoms with van der Waals surface area (Å²) in [6.45, 7) is 0.675. The van der Waals surface area contributed by atoms with Gasteiger partial charge >= 0.3 is 0 Å². The van der Waals surface area contributed by atoms with Crippen molar-refractivity contribution in [1.29, 1.82) is 5.41 Å². The first-order valence-electron chi connectivity index (χ1n) is 5.83. The summed E-state index contributed by atoms with van der Waals surface area (Å²) in [4.78, 5) is 6.25. The minimum Gasteiger partial charge on any atom is -0.384 e. The number of nitrogens with one attached hydrogen (secondary N) is 1. The average molecular weight is 275 g/mol. The summed E-state index contributed by atoms with van der Waals surface area (Å²) in [5.41, 5.74) is 7.32. The quantitative estimate of drug-likeness (QED) is 0.665. The van der Waals surface area contributed by atoms with E-state index in [9.17, 15) is 0 Å². The summed E-state index contributed by atoms with van der Waals surface area (Å²) in [6.07, 6.45) is 1.69. The summed E-state index contributed by atoms with van der Waals surface area (Å²) in [5, 5.41) is 8.29. The van der Waals surface area contributed by atoms with Gasteiger partial charge in [0, 0.05) is 24.8 Å². The number of hydrogen-bond donors (Lipinski definition) is 2. The summed E-state index contributed by atoms with van der Waals surface area (Å²) >= 11 is 5.86. The molecule has 5 heteroatoms. The minimum absolute atomic E-state index is 0.0195. The number of amidine groups is 1. The van der Waals surface area contributed by atoms with Crippen molar-refractivity contribution >= 4 is 23.3 Å². The topological polar surface area (TPSA) is 66.0 Å². The predicted octanol–water partition coefficient (Wildman–Crippen LogP) is 2.66. The first kappa shape index (κ1) is 13.4. The number of nitrogens with zero attached hydrogens (tertiary/aromatic N) is 2. The molecule has 98 valence electrons. The molecule has 0 aliphatic rings. The number of hydrogen-bond acceptors (Lipinski definition) is 3. The third-order valence-corrected chi connectivity index (χ3v) is 3.02. The third kappa shape index (κ3) is 3.23. The largest absolute Gasteiger partial charge is 0.384 e. The van der Waals surface area contributed by atoms with Gasteiger partial charge in [0.05, 0.1) is 5.56 Å². The molecule has 0 fully saturated rings. The zero-order valence-corrected chi connectivity index (χ0v) is 11.4. The fraction of sp³-hybridized carbons (Fsp3) is 0.143. The number of halogens is 1. The molecule has 0 spiro atoms. The van der Waals surface area contributed by atoms with Gasteiger partial charge in [0.15, 0.2) is 0 Å². The van der Waals surface area contributed by atoms with Crippen molar-refractivity contribution in [3.63, 3.8) is 0 Å². The van der Waals surface area contributed by atoms with E-state index in [1.54, 1.807) is 18.3 Å². The van der Waals surface area contributed by atoms with Crippen LogP contribution in [0.5, 0.6) is 0 Å². The smallest absolute Gasteiger partial charge is 0.139 e. The average Bonchev–Trinajstić information content (AvgIpc) is 2.41. The predicted molar refractivity (Wildman–Crippen MR) is 78.8 cm³/mol. The number of anilines is 1. The highest BCUT2D eigenvalue weighted by Crippen LogP contribution is 2.18. The van der Waals surface area contributed by atoms with Gasteiger partial charge < -0.3 is 10.6 Å². The molecule has 0 amide bonds. The number of rotatable bonds is 4. The normalized spacial score (nSPS) is 10.2. The van der Waals surface area contributed by atoms with Gasteiger partial charge in [-0.05, 0) is 29.8 Å². The lowest BCUT2D eigenvalue weighted by Crippen LogP contribution is -2.23. The molecule has 0 saturated carbocycles. The Bertz CT molecular complexity index is 580. The maximum absolute atomic E-state index is 7.57. The fourth-order valence-corrected chi connectivity index (χ4v) is 1.98. The molecule has 0 radical (unpaired) electrons. The standard InChI is InChI=1S/C14H15ClN4/c1-19(9-10-4-6-11(15)7-5-10)14-12(13(16)17)3-2-8-18-14/h2-8H,9H2,1H3,(H3,16,17). The molecule has 0 saturated heterocycles. The van der Waals surface area contributed by atoms with E-state index >= 15 is 0 Å². The molecule has 1 heterocycles. The van der Waals surface area contributed by atoms with Crippen LogP contribution < -0.4 is 10.6 Å². The highest BCUT2D eigenvalue weighted by molar-refractivity contribution is 6.30. The molecule has 2 aromatic rings. The van der Waals surface area contributed by atoms with E-state index in [1.165, 1.54) is 0 Å². The number of pyridine rings is 1. The highest BCUT2D eigenvalue weighted by Gasteiger charge is 2.11. The van der Waals surface area contributed by atoms with Gasteiger partial charge in [-0.3, -0.25) is 5.41 Å². The van der Waals surface area contributed by atoms with E-state index in [1.807, 2.05) is 36.2 Å². The van der Waals surface area contributed by atoms with E-state index < -0.39 is 0 Å².